The molecular weight excluding hydrogens is 163 g/mol. The molecule has 0 nitrogen and oxygen atoms in total. The minimum atomic E-state index is 0.687. The second kappa shape index (κ2) is 3.75. The highest BCUT2D eigenvalue weighted by Gasteiger charge is 2.20. The van der Waals surface area contributed by atoms with E-state index in [1.165, 1.54) is 5.31 Å². The molecule has 3 unspecified atom stereocenters. The lowest BCUT2D eigenvalue weighted by atomic mass is 9.80. The lowest BCUT2D eigenvalue weighted by Crippen LogP contribution is -2.15. The van der Waals surface area contributed by atoms with E-state index in [1.54, 1.807) is 5.57 Å². The van der Waals surface area contributed by atoms with Crippen LogP contribution in [0.2, 0.25) is 0 Å². The fourth-order valence-electron chi connectivity index (χ4n) is 1.82. The summed E-state index contributed by atoms with van der Waals surface area (Å²) in [6.07, 6.45) is 4.65. The quantitative estimate of drug-likeness (QED) is 0.543. The van der Waals surface area contributed by atoms with Gasteiger partial charge in [0.15, 0.2) is 0 Å². The third-order valence-electron chi connectivity index (χ3n) is 2.77. The van der Waals surface area contributed by atoms with Crippen LogP contribution >= 0.6 is 9.24 Å². The van der Waals surface area contributed by atoms with E-state index < -0.39 is 0 Å². The van der Waals surface area contributed by atoms with Crippen LogP contribution in [0.4, 0.5) is 0 Å². The van der Waals surface area contributed by atoms with Crippen LogP contribution < -0.4 is 0 Å². The average molecular weight is 182 g/mol. The Morgan fingerprint density at radius 3 is 2.42 bits per heavy atom. The second-order valence-electron chi connectivity index (χ2n) is 4.11. The first kappa shape index (κ1) is 9.99. The zero-order valence-electron chi connectivity index (χ0n) is 8.46. The van der Waals surface area contributed by atoms with Crippen molar-refractivity contribution < 1.29 is 0 Å². The third kappa shape index (κ3) is 1.98. The van der Waals surface area contributed by atoms with Crippen molar-refractivity contribution in [3.63, 3.8) is 0 Å². The molecule has 3 atom stereocenters. The minimum Gasteiger partial charge on any atom is -0.106 e. The maximum atomic E-state index is 2.80. The van der Waals surface area contributed by atoms with Crippen molar-refractivity contribution in [2.45, 2.75) is 27.7 Å². The van der Waals surface area contributed by atoms with Gasteiger partial charge in [-0.05, 0) is 23.1 Å². The fourth-order valence-corrected chi connectivity index (χ4v) is 2.31. The first-order valence-corrected chi connectivity index (χ1v) is 5.29. The van der Waals surface area contributed by atoms with E-state index in [-0.39, 0.29) is 0 Å². The Kier molecular flexibility index (Phi) is 3.12. The Morgan fingerprint density at radius 1 is 1.33 bits per heavy atom. The van der Waals surface area contributed by atoms with Gasteiger partial charge in [0.2, 0.25) is 0 Å². The lowest BCUT2D eigenvalue weighted by Gasteiger charge is -2.27. The van der Waals surface area contributed by atoms with Gasteiger partial charge in [-0.2, -0.15) is 0 Å². The van der Waals surface area contributed by atoms with E-state index in [0.29, 0.717) is 17.8 Å². The van der Waals surface area contributed by atoms with Gasteiger partial charge in [-0.25, -0.2) is 0 Å². The molecule has 0 aromatic rings. The molecule has 0 bridgehead atoms. The van der Waals surface area contributed by atoms with Gasteiger partial charge < -0.3 is 0 Å². The van der Waals surface area contributed by atoms with Gasteiger partial charge in [0.05, 0.1) is 0 Å². The molecule has 0 aromatic heterocycles. The van der Waals surface area contributed by atoms with Crippen LogP contribution in [0.25, 0.3) is 0 Å². The SMILES string of the molecule is CC(C)C1=CC(P)=CC(C)C1C. The molecule has 0 amide bonds. The van der Waals surface area contributed by atoms with Crippen LogP contribution in [-0.4, -0.2) is 0 Å². The van der Waals surface area contributed by atoms with E-state index >= 15 is 0 Å². The van der Waals surface area contributed by atoms with Gasteiger partial charge in [-0.1, -0.05) is 45.4 Å². The summed E-state index contributed by atoms with van der Waals surface area (Å²) in [5, 5.41) is 1.35. The molecule has 0 N–H and O–H groups in total. The Bertz CT molecular complexity index is 223. The summed E-state index contributed by atoms with van der Waals surface area (Å²) in [6, 6.07) is 0. The number of rotatable bonds is 1. The maximum Gasteiger partial charge on any atom is -0.0165 e. The molecule has 68 valence electrons. The van der Waals surface area contributed by atoms with Gasteiger partial charge in [0.1, 0.15) is 0 Å². The normalized spacial score (nSPS) is 30.2. The highest BCUT2D eigenvalue weighted by Crippen LogP contribution is 2.34. The molecule has 0 radical (unpaired) electrons. The summed E-state index contributed by atoms with van der Waals surface area (Å²) in [5.41, 5.74) is 1.59. The fraction of sp³-hybridized carbons (Fsp3) is 0.636. The van der Waals surface area contributed by atoms with Gasteiger partial charge in [-0.3, -0.25) is 0 Å². The molecule has 0 fully saturated rings. The number of hydrogen-bond acceptors (Lipinski definition) is 0. The van der Waals surface area contributed by atoms with Crippen molar-refractivity contribution in [2.75, 3.05) is 0 Å². The van der Waals surface area contributed by atoms with Gasteiger partial charge >= 0.3 is 0 Å². The van der Waals surface area contributed by atoms with Crippen LogP contribution in [0.5, 0.6) is 0 Å². The molecule has 1 heteroatoms. The molecule has 0 saturated carbocycles. The predicted molar refractivity (Wildman–Crippen MR) is 59.0 cm³/mol. The summed E-state index contributed by atoms with van der Waals surface area (Å²) in [4.78, 5) is 0. The summed E-state index contributed by atoms with van der Waals surface area (Å²) in [7, 11) is 2.80. The smallest absolute Gasteiger partial charge is 0.0165 e. The second-order valence-corrected chi connectivity index (χ2v) is 4.78. The van der Waals surface area contributed by atoms with Crippen LogP contribution in [0.1, 0.15) is 27.7 Å². The van der Waals surface area contributed by atoms with Crippen LogP contribution in [0.3, 0.4) is 0 Å². The standard InChI is InChI=1S/C11H19P/c1-7(2)11-6-10(12)5-8(3)9(11)4/h5-9H,12H2,1-4H3. The lowest BCUT2D eigenvalue weighted by molar-refractivity contribution is 0.475. The first-order valence-electron chi connectivity index (χ1n) is 4.71. The molecule has 0 aromatic carbocycles. The predicted octanol–water partition coefficient (Wildman–Crippen LogP) is 3.61. The topological polar surface area (TPSA) is 0 Å². The average Bonchev–Trinajstić information content (AvgIpc) is 1.96. The Balaban J connectivity index is 2.91. The van der Waals surface area contributed by atoms with Crippen molar-refractivity contribution in [1.29, 1.82) is 0 Å². The van der Waals surface area contributed by atoms with E-state index in [1.807, 2.05) is 0 Å². The molecule has 0 spiro atoms. The van der Waals surface area contributed by atoms with Crippen LogP contribution in [0, 0.1) is 17.8 Å². The third-order valence-corrected chi connectivity index (χ3v) is 3.13. The van der Waals surface area contributed by atoms with E-state index in [9.17, 15) is 0 Å². The van der Waals surface area contributed by atoms with Crippen LogP contribution in [-0.2, 0) is 0 Å². The van der Waals surface area contributed by atoms with Crippen molar-refractivity contribution in [3.05, 3.63) is 23.0 Å². The largest absolute Gasteiger partial charge is 0.106 e. The van der Waals surface area contributed by atoms with E-state index in [4.69, 9.17) is 0 Å². The number of hydrogen-bond donors (Lipinski definition) is 0. The Hall–Kier alpha value is -0.0900. The maximum absolute atomic E-state index is 2.80. The van der Waals surface area contributed by atoms with Gasteiger partial charge in [0, 0.05) is 0 Å². The van der Waals surface area contributed by atoms with Gasteiger partial charge in [-0.15, -0.1) is 9.24 Å². The highest BCUT2D eigenvalue weighted by molar-refractivity contribution is 7.22. The molecule has 0 saturated heterocycles. The molecule has 0 heterocycles. The molecule has 12 heavy (non-hydrogen) atoms. The van der Waals surface area contributed by atoms with Gasteiger partial charge in [0.25, 0.3) is 0 Å². The summed E-state index contributed by atoms with van der Waals surface area (Å²) in [5.74, 6) is 2.10. The number of allylic oxidation sites excluding steroid dienone is 4. The van der Waals surface area contributed by atoms with E-state index in [2.05, 4.69) is 49.1 Å². The highest BCUT2D eigenvalue weighted by atomic mass is 31.0. The van der Waals surface area contributed by atoms with Crippen LogP contribution in [0.15, 0.2) is 23.0 Å². The van der Waals surface area contributed by atoms with Crippen molar-refractivity contribution in [3.8, 4) is 0 Å². The molecule has 1 aliphatic rings. The molecular formula is C11H19P. The van der Waals surface area contributed by atoms with Crippen molar-refractivity contribution in [1.82, 2.24) is 0 Å². The Morgan fingerprint density at radius 2 is 1.92 bits per heavy atom. The summed E-state index contributed by atoms with van der Waals surface area (Å²) in [6.45, 7) is 9.17. The van der Waals surface area contributed by atoms with E-state index in [0.717, 1.165) is 0 Å². The molecule has 1 aliphatic carbocycles. The monoisotopic (exact) mass is 182 g/mol. The van der Waals surface area contributed by atoms with Crippen molar-refractivity contribution >= 4 is 9.24 Å². The summed E-state index contributed by atoms with van der Waals surface area (Å²) >= 11 is 0. The zero-order valence-corrected chi connectivity index (χ0v) is 9.62. The van der Waals surface area contributed by atoms with Crippen molar-refractivity contribution in [2.24, 2.45) is 17.8 Å². The Labute approximate surface area is 78.3 Å². The summed E-state index contributed by atoms with van der Waals surface area (Å²) < 4.78 is 0. The minimum absolute atomic E-state index is 0.687. The molecule has 0 aliphatic heterocycles. The zero-order chi connectivity index (χ0) is 9.30. The molecule has 1 rings (SSSR count). The first-order chi connectivity index (χ1) is 5.52.